The van der Waals surface area contributed by atoms with Crippen molar-refractivity contribution >= 4 is 22.7 Å². The SMILES string of the molecule is CC(C)CC(CN)c1nc2cc(Cl)ccc2o1. The Hall–Kier alpha value is -1.06. The van der Waals surface area contributed by atoms with Gasteiger partial charge in [-0.15, -0.1) is 0 Å². The average molecular weight is 253 g/mol. The van der Waals surface area contributed by atoms with Gasteiger partial charge in [0.15, 0.2) is 11.5 Å². The summed E-state index contributed by atoms with van der Waals surface area (Å²) in [6.45, 7) is 4.89. The number of hydrogen-bond donors (Lipinski definition) is 1. The first-order valence-corrected chi connectivity index (χ1v) is 6.24. The lowest BCUT2D eigenvalue weighted by Crippen LogP contribution is -2.14. The van der Waals surface area contributed by atoms with E-state index in [-0.39, 0.29) is 5.92 Å². The minimum absolute atomic E-state index is 0.182. The molecule has 1 unspecified atom stereocenters. The minimum Gasteiger partial charge on any atom is -0.440 e. The molecule has 0 aliphatic heterocycles. The van der Waals surface area contributed by atoms with Gasteiger partial charge in [-0.1, -0.05) is 25.4 Å². The minimum atomic E-state index is 0.182. The fourth-order valence-corrected chi connectivity index (χ4v) is 2.13. The highest BCUT2D eigenvalue weighted by Crippen LogP contribution is 2.27. The van der Waals surface area contributed by atoms with Gasteiger partial charge < -0.3 is 10.2 Å². The average Bonchev–Trinajstić information content (AvgIpc) is 2.68. The number of oxazole rings is 1. The zero-order chi connectivity index (χ0) is 12.4. The maximum Gasteiger partial charge on any atom is 0.199 e. The number of aromatic nitrogens is 1. The highest BCUT2D eigenvalue weighted by Gasteiger charge is 2.18. The quantitative estimate of drug-likeness (QED) is 0.905. The topological polar surface area (TPSA) is 52.0 Å². The first kappa shape index (κ1) is 12.4. The molecule has 0 bridgehead atoms. The summed E-state index contributed by atoms with van der Waals surface area (Å²) < 4.78 is 5.73. The second kappa shape index (κ2) is 5.07. The number of benzene rings is 1. The second-order valence-corrected chi connectivity index (χ2v) is 5.16. The van der Waals surface area contributed by atoms with E-state index in [2.05, 4.69) is 18.8 Å². The van der Waals surface area contributed by atoms with Gasteiger partial charge in [-0.25, -0.2) is 4.98 Å². The molecule has 0 spiro atoms. The fourth-order valence-electron chi connectivity index (χ4n) is 1.96. The van der Waals surface area contributed by atoms with Crippen molar-refractivity contribution in [2.45, 2.75) is 26.2 Å². The number of nitrogens with zero attached hydrogens (tertiary/aromatic N) is 1. The standard InChI is InChI=1S/C13H17ClN2O/c1-8(2)5-9(7-15)13-16-11-6-10(14)3-4-12(11)17-13/h3-4,6,8-9H,5,7,15H2,1-2H3. The van der Waals surface area contributed by atoms with E-state index in [1.165, 1.54) is 0 Å². The van der Waals surface area contributed by atoms with Crippen LogP contribution in [0.25, 0.3) is 11.1 Å². The maximum absolute atomic E-state index is 5.92. The van der Waals surface area contributed by atoms with Crippen molar-refractivity contribution in [3.8, 4) is 0 Å². The smallest absolute Gasteiger partial charge is 0.199 e. The van der Waals surface area contributed by atoms with E-state index >= 15 is 0 Å². The van der Waals surface area contributed by atoms with Crippen LogP contribution < -0.4 is 5.73 Å². The molecule has 1 heterocycles. The first-order chi connectivity index (χ1) is 8.10. The maximum atomic E-state index is 5.92. The molecule has 0 saturated carbocycles. The zero-order valence-corrected chi connectivity index (χ0v) is 10.9. The molecule has 0 amide bonds. The van der Waals surface area contributed by atoms with Crippen LogP contribution in [0.3, 0.4) is 0 Å². The van der Waals surface area contributed by atoms with Gasteiger partial charge in [0.05, 0.1) is 0 Å². The van der Waals surface area contributed by atoms with Crippen molar-refractivity contribution < 1.29 is 4.42 Å². The van der Waals surface area contributed by atoms with Crippen molar-refractivity contribution in [1.82, 2.24) is 4.98 Å². The number of hydrogen-bond acceptors (Lipinski definition) is 3. The molecule has 2 aromatic rings. The predicted octanol–water partition coefficient (Wildman–Crippen LogP) is 3.57. The highest BCUT2D eigenvalue weighted by atomic mass is 35.5. The van der Waals surface area contributed by atoms with Gasteiger partial charge in [-0.2, -0.15) is 0 Å². The molecule has 92 valence electrons. The van der Waals surface area contributed by atoms with Gasteiger partial charge in [0, 0.05) is 17.5 Å². The molecule has 0 radical (unpaired) electrons. The molecule has 3 nitrogen and oxygen atoms in total. The predicted molar refractivity (Wildman–Crippen MR) is 70.3 cm³/mol. The lowest BCUT2D eigenvalue weighted by Gasteiger charge is -2.12. The lowest BCUT2D eigenvalue weighted by atomic mass is 9.97. The number of rotatable bonds is 4. The van der Waals surface area contributed by atoms with E-state index < -0.39 is 0 Å². The summed E-state index contributed by atoms with van der Waals surface area (Å²) in [6, 6.07) is 5.46. The van der Waals surface area contributed by atoms with Crippen molar-refractivity contribution in [2.24, 2.45) is 11.7 Å². The number of fused-ring (bicyclic) bond motifs is 1. The first-order valence-electron chi connectivity index (χ1n) is 5.86. The summed E-state index contributed by atoms with van der Waals surface area (Å²) in [5.41, 5.74) is 7.35. The van der Waals surface area contributed by atoms with Crippen LogP contribution in [0.15, 0.2) is 22.6 Å². The Kier molecular flexibility index (Phi) is 3.69. The lowest BCUT2D eigenvalue weighted by molar-refractivity contribution is 0.414. The Morgan fingerprint density at radius 1 is 1.41 bits per heavy atom. The van der Waals surface area contributed by atoms with Crippen LogP contribution in [-0.4, -0.2) is 11.5 Å². The zero-order valence-electron chi connectivity index (χ0n) is 10.1. The molecule has 2 N–H and O–H groups in total. The molecule has 0 aliphatic rings. The third kappa shape index (κ3) is 2.79. The molecule has 1 aromatic carbocycles. The summed E-state index contributed by atoms with van der Waals surface area (Å²) in [6.07, 6.45) is 0.983. The van der Waals surface area contributed by atoms with Crippen LogP contribution in [0.1, 0.15) is 32.1 Å². The van der Waals surface area contributed by atoms with Crippen molar-refractivity contribution in [3.05, 3.63) is 29.1 Å². The van der Waals surface area contributed by atoms with Crippen LogP contribution in [-0.2, 0) is 0 Å². The van der Waals surface area contributed by atoms with Crippen LogP contribution in [0.4, 0.5) is 0 Å². The van der Waals surface area contributed by atoms with E-state index in [9.17, 15) is 0 Å². The molecule has 1 aromatic heterocycles. The van der Waals surface area contributed by atoms with Crippen molar-refractivity contribution in [1.29, 1.82) is 0 Å². The molecule has 17 heavy (non-hydrogen) atoms. The normalized spacial score (nSPS) is 13.5. The summed E-state index contributed by atoms with van der Waals surface area (Å²) in [5, 5.41) is 0.672. The summed E-state index contributed by atoms with van der Waals surface area (Å²) in [4.78, 5) is 4.47. The van der Waals surface area contributed by atoms with Gasteiger partial charge in [0.1, 0.15) is 5.52 Å². The van der Waals surface area contributed by atoms with E-state index in [1.807, 2.05) is 12.1 Å². The van der Waals surface area contributed by atoms with Gasteiger partial charge in [-0.05, 0) is 30.5 Å². The molecule has 0 fully saturated rings. The van der Waals surface area contributed by atoms with Crippen molar-refractivity contribution in [3.63, 3.8) is 0 Å². The van der Waals surface area contributed by atoms with Gasteiger partial charge >= 0.3 is 0 Å². The van der Waals surface area contributed by atoms with E-state index in [4.69, 9.17) is 21.8 Å². The van der Waals surface area contributed by atoms with Crippen molar-refractivity contribution in [2.75, 3.05) is 6.54 Å². The highest BCUT2D eigenvalue weighted by molar-refractivity contribution is 6.31. The molecule has 2 rings (SSSR count). The Balaban J connectivity index is 2.34. The van der Waals surface area contributed by atoms with Gasteiger partial charge in [-0.3, -0.25) is 0 Å². The molecular weight excluding hydrogens is 236 g/mol. The Labute approximate surface area is 106 Å². The summed E-state index contributed by atoms with van der Waals surface area (Å²) in [7, 11) is 0. The Morgan fingerprint density at radius 2 is 2.18 bits per heavy atom. The largest absolute Gasteiger partial charge is 0.440 e. The van der Waals surface area contributed by atoms with Crippen LogP contribution in [0.2, 0.25) is 5.02 Å². The van der Waals surface area contributed by atoms with Gasteiger partial charge in [0.2, 0.25) is 0 Å². The fraction of sp³-hybridized carbons (Fsp3) is 0.462. The number of nitrogens with two attached hydrogens (primary N) is 1. The second-order valence-electron chi connectivity index (χ2n) is 4.73. The van der Waals surface area contributed by atoms with Crippen LogP contribution in [0.5, 0.6) is 0 Å². The third-order valence-corrected chi connectivity index (χ3v) is 2.99. The monoisotopic (exact) mass is 252 g/mol. The molecule has 4 heteroatoms. The molecule has 0 saturated heterocycles. The molecule has 0 aliphatic carbocycles. The van der Waals surface area contributed by atoms with E-state index in [0.717, 1.165) is 23.4 Å². The van der Waals surface area contributed by atoms with Gasteiger partial charge in [0.25, 0.3) is 0 Å². The van der Waals surface area contributed by atoms with E-state index in [0.29, 0.717) is 17.5 Å². The Morgan fingerprint density at radius 3 is 2.82 bits per heavy atom. The van der Waals surface area contributed by atoms with Crippen LogP contribution >= 0.6 is 11.6 Å². The summed E-state index contributed by atoms with van der Waals surface area (Å²) >= 11 is 5.92. The number of halogens is 1. The third-order valence-electron chi connectivity index (χ3n) is 2.76. The molecular formula is C13H17ClN2O. The Bertz CT molecular complexity index is 507. The molecule has 1 atom stereocenters. The summed E-state index contributed by atoms with van der Waals surface area (Å²) in [5.74, 6) is 1.47. The van der Waals surface area contributed by atoms with Crippen LogP contribution in [0, 0.1) is 5.92 Å². The van der Waals surface area contributed by atoms with E-state index in [1.54, 1.807) is 6.07 Å².